The summed E-state index contributed by atoms with van der Waals surface area (Å²) in [5.74, 6) is -0.0702. The molecule has 0 spiro atoms. The van der Waals surface area contributed by atoms with Crippen molar-refractivity contribution < 1.29 is 13.2 Å². The van der Waals surface area contributed by atoms with Gasteiger partial charge in [-0.1, -0.05) is 24.3 Å². The number of carbonyl (C=O) groups excluding carboxylic acids is 1. The zero-order valence-electron chi connectivity index (χ0n) is 17.6. The van der Waals surface area contributed by atoms with Gasteiger partial charge in [0.05, 0.1) is 10.9 Å². The third-order valence-corrected chi connectivity index (χ3v) is 8.21. The van der Waals surface area contributed by atoms with Gasteiger partial charge < -0.3 is 5.32 Å². The third-order valence-electron chi connectivity index (χ3n) is 6.31. The number of piperazine rings is 1. The number of sulfonamides is 1. The maximum atomic E-state index is 13.1. The monoisotopic (exact) mass is 427 g/mol. The van der Waals surface area contributed by atoms with Gasteiger partial charge in [-0.25, -0.2) is 8.42 Å². The molecule has 0 bridgehead atoms. The molecule has 0 aromatic heterocycles. The Hall–Kier alpha value is -2.22. The van der Waals surface area contributed by atoms with E-state index in [2.05, 4.69) is 5.32 Å². The molecular formula is C23H29N3O3S. The van der Waals surface area contributed by atoms with E-state index in [1.807, 2.05) is 55.1 Å². The number of hydrogen-bond donors (Lipinski definition) is 1. The molecular weight excluding hydrogens is 398 g/mol. The first kappa shape index (κ1) is 21.0. The zero-order valence-corrected chi connectivity index (χ0v) is 18.4. The molecule has 2 aromatic rings. The van der Waals surface area contributed by atoms with E-state index in [-0.39, 0.29) is 11.9 Å². The number of rotatable bonds is 5. The number of fused-ring (bicyclic) bond motifs is 1. The summed E-state index contributed by atoms with van der Waals surface area (Å²) in [6, 6.07) is 12.9. The highest BCUT2D eigenvalue weighted by Gasteiger charge is 2.32. The van der Waals surface area contributed by atoms with Gasteiger partial charge in [-0.2, -0.15) is 4.31 Å². The van der Waals surface area contributed by atoms with Crippen LogP contribution in [-0.4, -0.2) is 55.8 Å². The summed E-state index contributed by atoms with van der Waals surface area (Å²) in [4.78, 5) is 15.1. The van der Waals surface area contributed by atoms with Crippen molar-refractivity contribution in [2.45, 2.75) is 44.0 Å². The van der Waals surface area contributed by atoms with E-state index >= 15 is 0 Å². The molecule has 0 unspecified atom stereocenters. The highest BCUT2D eigenvalue weighted by atomic mass is 32.2. The van der Waals surface area contributed by atoms with Crippen LogP contribution in [0.4, 0.5) is 5.69 Å². The molecule has 0 saturated carbocycles. The Balaban J connectivity index is 1.38. The van der Waals surface area contributed by atoms with Crippen LogP contribution < -0.4 is 5.32 Å². The lowest BCUT2D eigenvalue weighted by molar-refractivity contribution is -0.121. The summed E-state index contributed by atoms with van der Waals surface area (Å²) in [7, 11) is -3.50. The third kappa shape index (κ3) is 4.15. The Bertz CT molecular complexity index is 1040. The molecule has 1 N–H and O–H groups in total. The van der Waals surface area contributed by atoms with Crippen LogP contribution in [0.5, 0.6) is 0 Å². The van der Waals surface area contributed by atoms with Crippen LogP contribution in [-0.2, 0) is 27.7 Å². The molecule has 1 aliphatic heterocycles. The molecule has 30 heavy (non-hydrogen) atoms. The minimum atomic E-state index is -3.50. The van der Waals surface area contributed by atoms with Crippen LogP contribution in [0, 0.1) is 6.92 Å². The predicted octanol–water partition coefficient (Wildman–Crippen LogP) is 2.82. The standard InChI is InChI=1S/C23H29N3O3S/c1-17-6-3-4-9-22(17)24-23(27)18(2)25-12-14-26(15-13-25)30(28,29)21-11-10-19-7-5-8-20(19)16-21/h3-4,6,9-11,16,18H,5,7-8,12-15H2,1-2H3,(H,24,27)/t18-/m0/s1. The number of amides is 1. The van der Waals surface area contributed by atoms with E-state index in [4.69, 9.17) is 0 Å². The van der Waals surface area contributed by atoms with Crippen molar-refractivity contribution in [1.29, 1.82) is 0 Å². The fraction of sp³-hybridized carbons (Fsp3) is 0.435. The van der Waals surface area contributed by atoms with Crippen LogP contribution in [0.15, 0.2) is 47.4 Å². The van der Waals surface area contributed by atoms with Crippen LogP contribution in [0.1, 0.15) is 30.0 Å². The van der Waals surface area contributed by atoms with Crippen LogP contribution in [0.2, 0.25) is 0 Å². The summed E-state index contributed by atoms with van der Waals surface area (Å²) in [6.45, 7) is 5.68. The van der Waals surface area contributed by atoms with Crippen molar-refractivity contribution >= 4 is 21.6 Å². The van der Waals surface area contributed by atoms with Gasteiger partial charge >= 0.3 is 0 Å². The Morgan fingerprint density at radius 1 is 1.00 bits per heavy atom. The van der Waals surface area contributed by atoms with Gasteiger partial charge in [-0.05, 0) is 68.0 Å². The SMILES string of the molecule is Cc1ccccc1NC(=O)[C@H](C)N1CCN(S(=O)(=O)c2ccc3c(c2)CCC3)CC1. The quantitative estimate of drug-likeness (QED) is 0.797. The number of carbonyl (C=O) groups is 1. The smallest absolute Gasteiger partial charge is 0.243 e. The van der Waals surface area contributed by atoms with Crippen LogP contribution in [0.25, 0.3) is 0 Å². The zero-order chi connectivity index (χ0) is 21.3. The molecule has 2 aromatic carbocycles. The maximum Gasteiger partial charge on any atom is 0.243 e. The lowest BCUT2D eigenvalue weighted by Gasteiger charge is -2.36. The van der Waals surface area contributed by atoms with Crippen LogP contribution in [0.3, 0.4) is 0 Å². The number of benzene rings is 2. The van der Waals surface area contributed by atoms with Gasteiger partial charge in [0.1, 0.15) is 0 Å². The van der Waals surface area contributed by atoms with Gasteiger partial charge in [0, 0.05) is 31.9 Å². The Morgan fingerprint density at radius 3 is 2.43 bits per heavy atom. The van der Waals surface area contributed by atoms with Crippen molar-refractivity contribution in [3.63, 3.8) is 0 Å². The van der Waals surface area contributed by atoms with Crippen molar-refractivity contribution in [1.82, 2.24) is 9.21 Å². The first-order valence-corrected chi connectivity index (χ1v) is 12.0. The van der Waals surface area contributed by atoms with Crippen molar-refractivity contribution in [3.05, 3.63) is 59.2 Å². The molecule has 1 heterocycles. The molecule has 1 aliphatic carbocycles. The van der Waals surface area contributed by atoms with Crippen LogP contribution >= 0.6 is 0 Å². The van der Waals surface area contributed by atoms with Crippen molar-refractivity contribution in [2.75, 3.05) is 31.5 Å². The fourth-order valence-electron chi connectivity index (χ4n) is 4.31. The second kappa shape index (κ2) is 8.49. The predicted molar refractivity (Wildman–Crippen MR) is 118 cm³/mol. The largest absolute Gasteiger partial charge is 0.324 e. The topological polar surface area (TPSA) is 69.7 Å². The number of nitrogens with zero attached hydrogens (tertiary/aromatic N) is 2. The summed E-state index contributed by atoms with van der Waals surface area (Å²) < 4.78 is 27.8. The number of anilines is 1. The van der Waals surface area contributed by atoms with E-state index in [0.717, 1.165) is 36.1 Å². The first-order chi connectivity index (χ1) is 14.4. The molecule has 160 valence electrons. The average Bonchev–Trinajstić information content (AvgIpc) is 3.23. The number of hydrogen-bond acceptors (Lipinski definition) is 4. The van der Waals surface area contributed by atoms with E-state index < -0.39 is 10.0 Å². The molecule has 4 rings (SSSR count). The molecule has 1 amide bonds. The lowest BCUT2D eigenvalue weighted by Crippen LogP contribution is -2.53. The molecule has 0 radical (unpaired) electrons. The Morgan fingerprint density at radius 2 is 1.70 bits per heavy atom. The molecule has 1 fully saturated rings. The van der Waals surface area contributed by atoms with Gasteiger partial charge in [-0.15, -0.1) is 0 Å². The fourth-order valence-corrected chi connectivity index (χ4v) is 5.78. The van der Waals surface area contributed by atoms with Gasteiger partial charge in [-0.3, -0.25) is 9.69 Å². The van der Waals surface area contributed by atoms with E-state index in [9.17, 15) is 13.2 Å². The molecule has 1 saturated heterocycles. The normalized spacial score (nSPS) is 18.7. The molecule has 6 nitrogen and oxygen atoms in total. The van der Waals surface area contributed by atoms with E-state index in [0.29, 0.717) is 31.1 Å². The number of para-hydroxylation sites is 1. The molecule has 7 heteroatoms. The molecule has 1 atom stereocenters. The summed E-state index contributed by atoms with van der Waals surface area (Å²) in [5, 5.41) is 2.99. The van der Waals surface area contributed by atoms with Gasteiger partial charge in [0.25, 0.3) is 0 Å². The number of nitrogens with one attached hydrogen (secondary N) is 1. The Kier molecular flexibility index (Phi) is 5.95. The molecule has 2 aliphatic rings. The average molecular weight is 428 g/mol. The van der Waals surface area contributed by atoms with Crippen molar-refractivity contribution in [3.8, 4) is 0 Å². The maximum absolute atomic E-state index is 13.1. The number of aryl methyl sites for hydroxylation is 3. The minimum absolute atomic E-state index is 0.0702. The summed E-state index contributed by atoms with van der Waals surface area (Å²) in [6.07, 6.45) is 3.09. The van der Waals surface area contributed by atoms with Gasteiger partial charge in [0.2, 0.25) is 15.9 Å². The highest BCUT2D eigenvalue weighted by molar-refractivity contribution is 7.89. The summed E-state index contributed by atoms with van der Waals surface area (Å²) >= 11 is 0. The van der Waals surface area contributed by atoms with E-state index in [1.54, 1.807) is 10.4 Å². The summed E-state index contributed by atoms with van der Waals surface area (Å²) in [5.41, 5.74) is 4.26. The Labute approximate surface area is 178 Å². The highest BCUT2D eigenvalue weighted by Crippen LogP contribution is 2.27. The van der Waals surface area contributed by atoms with Crippen molar-refractivity contribution in [2.24, 2.45) is 0 Å². The minimum Gasteiger partial charge on any atom is -0.324 e. The van der Waals surface area contributed by atoms with Gasteiger partial charge in [0.15, 0.2) is 0 Å². The lowest BCUT2D eigenvalue weighted by atomic mass is 10.1. The second-order valence-corrected chi connectivity index (χ2v) is 10.1. The second-order valence-electron chi connectivity index (χ2n) is 8.20. The first-order valence-electron chi connectivity index (χ1n) is 10.6. The van der Waals surface area contributed by atoms with E-state index in [1.165, 1.54) is 5.56 Å².